The molecule has 2 aromatic carbocycles. The lowest BCUT2D eigenvalue weighted by Crippen LogP contribution is -2.39. The number of ether oxygens (including phenoxy) is 1. The highest BCUT2D eigenvalue weighted by molar-refractivity contribution is 6.04. The first-order chi connectivity index (χ1) is 14.6. The molecule has 1 heterocycles. The van der Waals surface area contributed by atoms with E-state index in [0.29, 0.717) is 30.2 Å². The summed E-state index contributed by atoms with van der Waals surface area (Å²) in [6.45, 7) is 3.14. The van der Waals surface area contributed by atoms with Crippen LogP contribution in [-0.2, 0) is 11.2 Å². The summed E-state index contributed by atoms with van der Waals surface area (Å²) in [5.41, 5.74) is 3.35. The Bertz CT molecular complexity index is 918. The van der Waals surface area contributed by atoms with E-state index in [1.165, 1.54) is 32.1 Å². The molecule has 1 saturated carbocycles. The topological polar surface area (TPSA) is 67.4 Å². The second-order valence-electron chi connectivity index (χ2n) is 8.61. The molecule has 2 aliphatic rings. The van der Waals surface area contributed by atoms with E-state index in [9.17, 15) is 9.59 Å². The van der Waals surface area contributed by atoms with Crippen molar-refractivity contribution in [1.82, 2.24) is 5.32 Å². The molecule has 2 N–H and O–H groups in total. The van der Waals surface area contributed by atoms with Crippen LogP contribution in [0, 0.1) is 18.8 Å². The zero-order valence-electron chi connectivity index (χ0n) is 17.6. The summed E-state index contributed by atoms with van der Waals surface area (Å²) in [6.07, 6.45) is 6.93. The van der Waals surface area contributed by atoms with Gasteiger partial charge in [-0.25, -0.2) is 0 Å². The summed E-state index contributed by atoms with van der Waals surface area (Å²) in [5.74, 6) is 1.14. The van der Waals surface area contributed by atoms with Crippen molar-refractivity contribution in [2.75, 3.05) is 18.5 Å². The Morgan fingerprint density at radius 2 is 1.90 bits per heavy atom. The lowest BCUT2D eigenvalue weighted by molar-refractivity contribution is -0.126. The third kappa shape index (κ3) is 5.02. The number of fused-ring (bicyclic) bond motifs is 1. The highest BCUT2D eigenvalue weighted by atomic mass is 16.5. The van der Waals surface area contributed by atoms with Crippen LogP contribution < -0.4 is 15.4 Å². The number of amides is 2. The Kier molecular flexibility index (Phi) is 6.36. The number of hydrogen-bond acceptors (Lipinski definition) is 3. The number of nitrogens with one attached hydrogen (secondary N) is 2. The highest BCUT2D eigenvalue weighted by Crippen LogP contribution is 2.30. The van der Waals surface area contributed by atoms with Crippen molar-refractivity contribution < 1.29 is 14.3 Å². The number of carbonyl (C=O) groups is 2. The molecule has 0 saturated heterocycles. The van der Waals surface area contributed by atoms with Gasteiger partial charge in [-0.3, -0.25) is 9.59 Å². The van der Waals surface area contributed by atoms with Crippen LogP contribution in [0.2, 0.25) is 0 Å². The first-order valence-electron chi connectivity index (χ1n) is 11.0. The van der Waals surface area contributed by atoms with Crippen LogP contribution in [0.5, 0.6) is 5.75 Å². The van der Waals surface area contributed by atoms with E-state index in [0.717, 1.165) is 23.4 Å². The number of benzene rings is 2. The predicted octanol–water partition coefficient (Wildman–Crippen LogP) is 4.49. The minimum Gasteiger partial charge on any atom is -0.492 e. The van der Waals surface area contributed by atoms with E-state index in [-0.39, 0.29) is 17.7 Å². The molecule has 2 aromatic rings. The average molecular weight is 407 g/mol. The van der Waals surface area contributed by atoms with Crippen LogP contribution in [0.3, 0.4) is 0 Å². The van der Waals surface area contributed by atoms with Gasteiger partial charge in [-0.2, -0.15) is 0 Å². The van der Waals surface area contributed by atoms with Crippen molar-refractivity contribution in [2.45, 2.75) is 45.4 Å². The highest BCUT2D eigenvalue weighted by Gasteiger charge is 2.27. The van der Waals surface area contributed by atoms with Gasteiger partial charge in [0.15, 0.2) is 0 Å². The van der Waals surface area contributed by atoms with E-state index in [2.05, 4.69) is 10.6 Å². The molecular formula is C25H30N2O3. The molecule has 1 aliphatic carbocycles. The van der Waals surface area contributed by atoms with Crippen LogP contribution >= 0.6 is 0 Å². The fourth-order valence-corrected chi connectivity index (χ4v) is 4.41. The van der Waals surface area contributed by atoms with Crippen LogP contribution in [0.4, 0.5) is 5.69 Å². The maximum absolute atomic E-state index is 12.7. The van der Waals surface area contributed by atoms with Gasteiger partial charge in [0.2, 0.25) is 5.91 Å². The zero-order chi connectivity index (χ0) is 20.9. The standard InChI is InChI=1S/C25H30N2O3/c1-17-6-5-9-19(12-17)25(29)27-22-10-11-23-20(14-22)13-21(16-30-23)24(28)26-15-18-7-3-2-4-8-18/h5-6,9-12,14,18,21H,2-4,7-8,13,15-16H2,1H3,(H,26,28)(H,27,29). The van der Waals surface area contributed by atoms with Crippen molar-refractivity contribution in [1.29, 1.82) is 0 Å². The molecule has 1 fully saturated rings. The maximum Gasteiger partial charge on any atom is 0.255 e. The van der Waals surface area contributed by atoms with Gasteiger partial charge in [-0.15, -0.1) is 0 Å². The van der Waals surface area contributed by atoms with Crippen molar-refractivity contribution >= 4 is 17.5 Å². The van der Waals surface area contributed by atoms with Crippen molar-refractivity contribution in [3.8, 4) is 5.75 Å². The summed E-state index contributed by atoms with van der Waals surface area (Å²) in [6, 6.07) is 13.1. The monoisotopic (exact) mass is 406 g/mol. The maximum atomic E-state index is 12.7. The minimum absolute atomic E-state index is 0.0698. The van der Waals surface area contributed by atoms with Gasteiger partial charge in [0.1, 0.15) is 12.4 Å². The molecule has 5 heteroatoms. The van der Waals surface area contributed by atoms with E-state index >= 15 is 0 Å². The molecule has 158 valence electrons. The lowest BCUT2D eigenvalue weighted by atomic mass is 9.89. The third-order valence-electron chi connectivity index (χ3n) is 6.17. The summed E-state index contributed by atoms with van der Waals surface area (Å²) in [5, 5.41) is 6.09. The SMILES string of the molecule is Cc1cccc(C(=O)Nc2ccc3c(c2)CC(C(=O)NCC2CCCCC2)CO3)c1. The number of carbonyl (C=O) groups excluding carboxylic acids is 2. The molecule has 0 bridgehead atoms. The zero-order valence-corrected chi connectivity index (χ0v) is 17.6. The quantitative estimate of drug-likeness (QED) is 0.769. The number of anilines is 1. The van der Waals surface area contributed by atoms with Crippen LogP contribution in [-0.4, -0.2) is 25.0 Å². The van der Waals surface area contributed by atoms with Gasteiger partial charge < -0.3 is 15.4 Å². The molecule has 1 aliphatic heterocycles. The van der Waals surface area contributed by atoms with Crippen molar-refractivity contribution in [3.63, 3.8) is 0 Å². The van der Waals surface area contributed by atoms with Gasteiger partial charge in [0.25, 0.3) is 5.91 Å². The van der Waals surface area contributed by atoms with Gasteiger partial charge in [0, 0.05) is 17.8 Å². The van der Waals surface area contributed by atoms with Gasteiger partial charge in [-0.05, 0) is 68.0 Å². The Balaban J connectivity index is 1.36. The first kappa shape index (κ1) is 20.5. The van der Waals surface area contributed by atoms with E-state index in [1.54, 1.807) is 6.07 Å². The normalized spacial score (nSPS) is 18.8. The smallest absolute Gasteiger partial charge is 0.255 e. The van der Waals surface area contributed by atoms with Crippen molar-refractivity contribution in [3.05, 3.63) is 59.2 Å². The van der Waals surface area contributed by atoms with Gasteiger partial charge >= 0.3 is 0 Å². The summed E-state index contributed by atoms with van der Waals surface area (Å²) < 4.78 is 5.84. The van der Waals surface area contributed by atoms with E-state index in [4.69, 9.17) is 4.74 Å². The largest absolute Gasteiger partial charge is 0.492 e. The number of aryl methyl sites for hydroxylation is 1. The number of rotatable bonds is 5. The Morgan fingerprint density at radius 1 is 1.07 bits per heavy atom. The van der Waals surface area contributed by atoms with Gasteiger partial charge in [-0.1, -0.05) is 37.0 Å². The molecule has 0 spiro atoms. The summed E-state index contributed by atoms with van der Waals surface area (Å²) >= 11 is 0. The lowest BCUT2D eigenvalue weighted by Gasteiger charge is -2.27. The first-order valence-corrected chi connectivity index (χ1v) is 11.0. The molecule has 5 nitrogen and oxygen atoms in total. The van der Waals surface area contributed by atoms with E-state index < -0.39 is 0 Å². The van der Waals surface area contributed by atoms with Gasteiger partial charge in [0.05, 0.1) is 5.92 Å². The molecular weight excluding hydrogens is 376 g/mol. The molecule has 0 aromatic heterocycles. The Morgan fingerprint density at radius 3 is 2.70 bits per heavy atom. The predicted molar refractivity (Wildman–Crippen MR) is 118 cm³/mol. The van der Waals surface area contributed by atoms with Crippen LogP contribution in [0.15, 0.2) is 42.5 Å². The summed E-state index contributed by atoms with van der Waals surface area (Å²) in [7, 11) is 0. The Hall–Kier alpha value is -2.82. The molecule has 4 rings (SSSR count). The molecule has 2 amide bonds. The fraction of sp³-hybridized carbons (Fsp3) is 0.440. The van der Waals surface area contributed by atoms with Crippen LogP contribution in [0.25, 0.3) is 0 Å². The average Bonchev–Trinajstić information content (AvgIpc) is 2.77. The summed E-state index contributed by atoms with van der Waals surface area (Å²) in [4.78, 5) is 25.2. The minimum atomic E-state index is -0.191. The molecule has 1 atom stereocenters. The Labute approximate surface area is 178 Å². The second kappa shape index (κ2) is 9.33. The second-order valence-corrected chi connectivity index (χ2v) is 8.61. The number of hydrogen-bond donors (Lipinski definition) is 2. The van der Waals surface area contributed by atoms with Crippen molar-refractivity contribution in [2.24, 2.45) is 11.8 Å². The molecule has 30 heavy (non-hydrogen) atoms. The third-order valence-corrected chi connectivity index (χ3v) is 6.17. The molecule has 1 unspecified atom stereocenters. The van der Waals surface area contributed by atoms with Crippen LogP contribution in [0.1, 0.15) is 53.6 Å². The fourth-order valence-electron chi connectivity index (χ4n) is 4.41. The van der Waals surface area contributed by atoms with E-state index in [1.807, 2.05) is 43.3 Å². The molecule has 0 radical (unpaired) electrons.